The van der Waals surface area contributed by atoms with Crippen molar-refractivity contribution in [1.29, 1.82) is 0 Å². The number of benzene rings is 2. The monoisotopic (exact) mass is 442 g/mol. The van der Waals surface area contributed by atoms with Gasteiger partial charge in [-0.15, -0.1) is 11.3 Å². The highest BCUT2D eigenvalue weighted by Gasteiger charge is 2.24. The second-order valence-corrected chi connectivity index (χ2v) is 9.07. The molecule has 0 saturated carbocycles. The molecule has 4 rings (SSSR count). The van der Waals surface area contributed by atoms with Gasteiger partial charge in [-0.2, -0.15) is 0 Å². The fourth-order valence-corrected chi connectivity index (χ4v) is 5.36. The maximum atomic E-state index is 14.5. The van der Waals surface area contributed by atoms with E-state index in [1.807, 2.05) is 30.3 Å². The Bertz CT molecular complexity index is 1070. The Kier molecular flexibility index (Phi) is 6.67. The number of amides is 1. The molecule has 1 N–H and O–H groups in total. The van der Waals surface area contributed by atoms with Gasteiger partial charge in [0.1, 0.15) is 5.82 Å². The summed E-state index contributed by atoms with van der Waals surface area (Å²) in [4.78, 5) is 16.0. The van der Waals surface area contributed by atoms with Gasteiger partial charge in [-0.3, -0.25) is 9.69 Å². The molecule has 1 aromatic heterocycles. The van der Waals surface area contributed by atoms with Crippen molar-refractivity contribution in [1.82, 2.24) is 4.90 Å². The van der Waals surface area contributed by atoms with Crippen molar-refractivity contribution >= 4 is 33.0 Å². The standard InChI is InChI=1S/C24H27FN2O3S/c1-15-11-27(12-16(2)30-15)13-17-7-4-5-9-20(17)26-24(28)23-18(14-29-3)22-19(25)8-6-10-21(22)31-23/h4-10,15-16H,11-14H2,1-3H3,(H,26,28). The van der Waals surface area contributed by atoms with E-state index in [9.17, 15) is 9.18 Å². The van der Waals surface area contributed by atoms with Crippen molar-refractivity contribution in [3.05, 3.63) is 64.3 Å². The zero-order valence-corrected chi connectivity index (χ0v) is 18.8. The molecule has 2 atom stereocenters. The van der Waals surface area contributed by atoms with Crippen LogP contribution in [0.2, 0.25) is 0 Å². The number of thiophene rings is 1. The molecule has 2 unspecified atom stereocenters. The van der Waals surface area contributed by atoms with Crippen LogP contribution < -0.4 is 5.32 Å². The first-order valence-corrected chi connectivity index (χ1v) is 11.2. The minimum absolute atomic E-state index is 0.175. The topological polar surface area (TPSA) is 50.8 Å². The zero-order valence-electron chi connectivity index (χ0n) is 18.0. The number of carbonyl (C=O) groups is 1. The van der Waals surface area contributed by atoms with Crippen molar-refractivity contribution in [2.75, 3.05) is 25.5 Å². The van der Waals surface area contributed by atoms with Gasteiger partial charge in [0.25, 0.3) is 5.91 Å². The van der Waals surface area contributed by atoms with Gasteiger partial charge in [0.15, 0.2) is 0 Å². The van der Waals surface area contributed by atoms with E-state index in [-0.39, 0.29) is 30.5 Å². The van der Waals surface area contributed by atoms with Crippen molar-refractivity contribution in [2.24, 2.45) is 0 Å². The highest BCUT2D eigenvalue weighted by atomic mass is 32.1. The molecule has 1 aliphatic rings. The number of rotatable bonds is 6. The number of morpholine rings is 1. The van der Waals surface area contributed by atoms with Crippen molar-refractivity contribution in [3.63, 3.8) is 0 Å². The molecule has 0 radical (unpaired) electrons. The first kappa shape index (κ1) is 21.9. The first-order valence-electron chi connectivity index (χ1n) is 10.4. The number of para-hydroxylation sites is 1. The van der Waals surface area contributed by atoms with Crippen LogP contribution in [-0.4, -0.2) is 43.2 Å². The summed E-state index contributed by atoms with van der Waals surface area (Å²) in [5.41, 5.74) is 2.39. The van der Waals surface area contributed by atoms with Gasteiger partial charge in [-0.05, 0) is 37.6 Å². The van der Waals surface area contributed by atoms with E-state index in [2.05, 4.69) is 24.1 Å². The Labute approximate surface area is 185 Å². The SMILES string of the molecule is COCc1c(C(=O)Nc2ccccc2CN2CC(C)OC(C)C2)sc2cccc(F)c12. The van der Waals surface area contributed by atoms with Gasteiger partial charge in [0.05, 0.1) is 23.7 Å². The van der Waals surface area contributed by atoms with E-state index in [0.717, 1.165) is 35.6 Å². The van der Waals surface area contributed by atoms with E-state index >= 15 is 0 Å². The third-order valence-corrected chi connectivity index (χ3v) is 6.61. The summed E-state index contributed by atoms with van der Waals surface area (Å²) < 4.78 is 26.3. The molecule has 0 bridgehead atoms. The number of hydrogen-bond acceptors (Lipinski definition) is 5. The largest absolute Gasteiger partial charge is 0.380 e. The second kappa shape index (κ2) is 9.44. The number of nitrogens with zero attached hydrogens (tertiary/aromatic N) is 1. The molecule has 0 spiro atoms. The lowest BCUT2D eigenvalue weighted by Crippen LogP contribution is -2.44. The molecule has 2 aromatic carbocycles. The molecular formula is C24H27FN2O3S. The van der Waals surface area contributed by atoms with Crippen LogP contribution in [0.4, 0.5) is 10.1 Å². The lowest BCUT2D eigenvalue weighted by molar-refractivity contribution is -0.0704. The van der Waals surface area contributed by atoms with Gasteiger partial charge >= 0.3 is 0 Å². The summed E-state index contributed by atoms with van der Waals surface area (Å²) in [5, 5.41) is 3.52. The Morgan fingerprint density at radius 2 is 1.94 bits per heavy atom. The quantitative estimate of drug-likeness (QED) is 0.581. The van der Waals surface area contributed by atoms with Crippen LogP contribution in [0, 0.1) is 5.82 Å². The number of methoxy groups -OCH3 is 1. The van der Waals surface area contributed by atoms with E-state index < -0.39 is 0 Å². The smallest absolute Gasteiger partial charge is 0.266 e. The number of halogens is 1. The molecule has 5 nitrogen and oxygen atoms in total. The average molecular weight is 443 g/mol. The summed E-state index contributed by atoms with van der Waals surface area (Å²) in [5.74, 6) is -0.584. The van der Waals surface area contributed by atoms with E-state index in [0.29, 0.717) is 15.8 Å². The van der Waals surface area contributed by atoms with Crippen molar-refractivity contribution < 1.29 is 18.7 Å². The van der Waals surface area contributed by atoms with Gasteiger partial charge in [-0.25, -0.2) is 4.39 Å². The normalized spacial score (nSPS) is 19.6. The predicted molar refractivity (Wildman–Crippen MR) is 122 cm³/mol. The fourth-order valence-electron chi connectivity index (χ4n) is 4.25. The van der Waals surface area contributed by atoms with Crippen LogP contribution in [0.25, 0.3) is 10.1 Å². The van der Waals surface area contributed by atoms with Crippen LogP contribution >= 0.6 is 11.3 Å². The number of ether oxygens (including phenoxy) is 2. The minimum Gasteiger partial charge on any atom is -0.380 e. The molecule has 1 amide bonds. The fraction of sp³-hybridized carbons (Fsp3) is 0.375. The summed E-state index contributed by atoms with van der Waals surface area (Å²) in [6, 6.07) is 12.7. The minimum atomic E-state index is -0.337. The number of hydrogen-bond donors (Lipinski definition) is 1. The number of fused-ring (bicyclic) bond motifs is 1. The van der Waals surface area contributed by atoms with E-state index in [1.165, 1.54) is 17.4 Å². The third kappa shape index (κ3) is 4.80. The average Bonchev–Trinajstić information content (AvgIpc) is 3.09. The van der Waals surface area contributed by atoms with Crippen LogP contribution in [0.15, 0.2) is 42.5 Å². The Morgan fingerprint density at radius 3 is 2.68 bits per heavy atom. The number of anilines is 1. The van der Waals surface area contributed by atoms with Gasteiger partial charge in [0.2, 0.25) is 0 Å². The molecule has 1 fully saturated rings. The molecule has 1 saturated heterocycles. The zero-order chi connectivity index (χ0) is 22.0. The summed E-state index contributed by atoms with van der Waals surface area (Å²) >= 11 is 1.29. The molecule has 7 heteroatoms. The molecule has 2 heterocycles. The van der Waals surface area contributed by atoms with Crippen molar-refractivity contribution in [3.8, 4) is 0 Å². The first-order chi connectivity index (χ1) is 15.0. The Balaban J connectivity index is 1.60. The van der Waals surface area contributed by atoms with Crippen LogP contribution in [0.3, 0.4) is 0 Å². The van der Waals surface area contributed by atoms with Crippen LogP contribution in [-0.2, 0) is 22.6 Å². The van der Waals surface area contributed by atoms with Crippen LogP contribution in [0.5, 0.6) is 0 Å². The van der Waals surface area contributed by atoms with Crippen molar-refractivity contribution in [2.45, 2.75) is 39.2 Å². The third-order valence-electron chi connectivity index (χ3n) is 5.41. The van der Waals surface area contributed by atoms with E-state index in [1.54, 1.807) is 13.2 Å². The van der Waals surface area contributed by atoms with Crippen LogP contribution in [0.1, 0.15) is 34.6 Å². The highest BCUT2D eigenvalue weighted by molar-refractivity contribution is 7.21. The maximum absolute atomic E-state index is 14.5. The lowest BCUT2D eigenvalue weighted by atomic mass is 10.1. The van der Waals surface area contributed by atoms with Gasteiger partial charge in [0, 0.05) is 48.1 Å². The Hall–Kier alpha value is -2.32. The summed E-state index contributed by atoms with van der Waals surface area (Å²) in [7, 11) is 1.55. The maximum Gasteiger partial charge on any atom is 0.266 e. The molecular weight excluding hydrogens is 415 g/mol. The molecule has 1 aliphatic heterocycles. The molecule has 0 aliphatic carbocycles. The highest BCUT2D eigenvalue weighted by Crippen LogP contribution is 2.34. The number of nitrogens with one attached hydrogen (secondary N) is 1. The lowest BCUT2D eigenvalue weighted by Gasteiger charge is -2.35. The predicted octanol–water partition coefficient (Wildman–Crippen LogP) is 5.05. The Morgan fingerprint density at radius 1 is 1.19 bits per heavy atom. The van der Waals surface area contributed by atoms with Gasteiger partial charge in [-0.1, -0.05) is 24.3 Å². The molecule has 164 valence electrons. The number of carbonyl (C=O) groups excluding carboxylic acids is 1. The summed E-state index contributed by atoms with van der Waals surface area (Å²) in [6.07, 6.45) is 0.353. The molecule has 31 heavy (non-hydrogen) atoms. The summed E-state index contributed by atoms with van der Waals surface area (Å²) in [6.45, 7) is 6.75. The molecule has 3 aromatic rings. The van der Waals surface area contributed by atoms with E-state index in [4.69, 9.17) is 9.47 Å². The van der Waals surface area contributed by atoms with Gasteiger partial charge < -0.3 is 14.8 Å². The second-order valence-electron chi connectivity index (χ2n) is 8.02.